The fourth-order valence-corrected chi connectivity index (χ4v) is 3.42. The lowest BCUT2D eigenvalue weighted by molar-refractivity contribution is -0.142. The van der Waals surface area contributed by atoms with Gasteiger partial charge in [0.2, 0.25) is 11.8 Å². The SMILES string of the molecule is CCCCCCCCCCCCCCC(=O)N[C@@H](CCC(=O)NCCOCC)C(=O)O. The van der Waals surface area contributed by atoms with Gasteiger partial charge in [-0.1, -0.05) is 77.6 Å². The lowest BCUT2D eigenvalue weighted by Crippen LogP contribution is -2.41. The van der Waals surface area contributed by atoms with Crippen molar-refractivity contribution in [2.45, 2.75) is 116 Å². The zero-order valence-electron chi connectivity index (χ0n) is 19.9. The average Bonchev–Trinajstić information content (AvgIpc) is 2.74. The smallest absolute Gasteiger partial charge is 0.326 e. The number of amides is 2. The van der Waals surface area contributed by atoms with Gasteiger partial charge in [-0.2, -0.15) is 0 Å². The van der Waals surface area contributed by atoms with Crippen LogP contribution in [0.5, 0.6) is 0 Å². The highest BCUT2D eigenvalue weighted by Gasteiger charge is 2.20. The van der Waals surface area contributed by atoms with Crippen LogP contribution in [0.15, 0.2) is 0 Å². The third-order valence-corrected chi connectivity index (χ3v) is 5.32. The first-order chi connectivity index (χ1) is 15.0. The number of ether oxygens (including phenoxy) is 1. The Hall–Kier alpha value is -1.63. The molecule has 0 aromatic carbocycles. The minimum absolute atomic E-state index is 0.0575. The number of carboxylic acids is 1. The number of hydrogen-bond acceptors (Lipinski definition) is 4. The fourth-order valence-electron chi connectivity index (χ4n) is 3.42. The van der Waals surface area contributed by atoms with Crippen LogP contribution < -0.4 is 10.6 Å². The van der Waals surface area contributed by atoms with Crippen molar-refractivity contribution in [1.29, 1.82) is 0 Å². The molecule has 2 amide bonds. The topological polar surface area (TPSA) is 105 Å². The van der Waals surface area contributed by atoms with Crippen LogP contribution in [0.4, 0.5) is 0 Å². The van der Waals surface area contributed by atoms with Gasteiger partial charge in [0.15, 0.2) is 0 Å². The van der Waals surface area contributed by atoms with Crippen LogP contribution in [0, 0.1) is 0 Å². The standard InChI is InChI=1S/C24H46N2O5/c1-3-5-6-7-8-9-10-11-12-13-14-15-16-23(28)26-21(24(29)30)17-18-22(27)25-19-20-31-4-2/h21H,3-20H2,1-2H3,(H,25,27)(H,26,28)(H,29,30)/t21-/m0/s1. The number of unbranched alkanes of at least 4 members (excludes halogenated alkanes) is 11. The number of carboxylic acid groups (broad SMARTS) is 1. The van der Waals surface area contributed by atoms with Crippen LogP contribution in [-0.2, 0) is 19.1 Å². The zero-order chi connectivity index (χ0) is 23.2. The van der Waals surface area contributed by atoms with E-state index in [9.17, 15) is 19.5 Å². The Morgan fingerprint density at radius 1 is 0.774 bits per heavy atom. The molecule has 0 spiro atoms. The minimum Gasteiger partial charge on any atom is -0.480 e. The molecule has 0 rings (SSSR count). The summed E-state index contributed by atoms with van der Waals surface area (Å²) in [6, 6.07) is -1.03. The average molecular weight is 443 g/mol. The molecule has 0 unspecified atom stereocenters. The summed E-state index contributed by atoms with van der Waals surface area (Å²) in [6.07, 6.45) is 15.2. The van der Waals surface area contributed by atoms with Crippen molar-refractivity contribution < 1.29 is 24.2 Å². The molecule has 0 heterocycles. The van der Waals surface area contributed by atoms with Gasteiger partial charge in [0.05, 0.1) is 6.61 Å². The summed E-state index contributed by atoms with van der Waals surface area (Å²) in [7, 11) is 0. The van der Waals surface area contributed by atoms with E-state index in [0.29, 0.717) is 26.2 Å². The van der Waals surface area contributed by atoms with E-state index in [1.165, 1.54) is 57.8 Å². The highest BCUT2D eigenvalue weighted by atomic mass is 16.5. The predicted octanol–water partition coefficient (Wildman–Crippen LogP) is 4.58. The molecular formula is C24H46N2O5. The van der Waals surface area contributed by atoms with Crippen LogP contribution in [0.3, 0.4) is 0 Å². The molecule has 7 nitrogen and oxygen atoms in total. The molecule has 0 bridgehead atoms. The third kappa shape index (κ3) is 20.0. The van der Waals surface area contributed by atoms with Gasteiger partial charge < -0.3 is 20.5 Å². The molecule has 0 saturated carbocycles. The molecule has 0 aliphatic carbocycles. The Morgan fingerprint density at radius 2 is 1.32 bits per heavy atom. The van der Waals surface area contributed by atoms with Crippen molar-refractivity contribution in [1.82, 2.24) is 10.6 Å². The van der Waals surface area contributed by atoms with Crippen LogP contribution in [0.2, 0.25) is 0 Å². The molecule has 0 aromatic rings. The van der Waals surface area contributed by atoms with E-state index < -0.39 is 12.0 Å². The molecule has 0 fully saturated rings. The summed E-state index contributed by atoms with van der Waals surface area (Å²) in [5.74, 6) is -1.59. The molecule has 0 aliphatic rings. The van der Waals surface area contributed by atoms with Crippen molar-refractivity contribution in [3.63, 3.8) is 0 Å². The fraction of sp³-hybridized carbons (Fsp3) is 0.875. The molecule has 0 saturated heterocycles. The van der Waals surface area contributed by atoms with Crippen molar-refractivity contribution in [2.24, 2.45) is 0 Å². The highest BCUT2D eigenvalue weighted by molar-refractivity contribution is 5.84. The Bertz CT molecular complexity index is 471. The first-order valence-corrected chi connectivity index (χ1v) is 12.4. The largest absolute Gasteiger partial charge is 0.480 e. The Balaban J connectivity index is 3.73. The summed E-state index contributed by atoms with van der Waals surface area (Å²) in [4.78, 5) is 35.1. The summed E-state index contributed by atoms with van der Waals surface area (Å²) in [6.45, 7) is 5.53. The molecule has 31 heavy (non-hydrogen) atoms. The second kappa shape index (κ2) is 21.6. The quantitative estimate of drug-likeness (QED) is 0.213. The Kier molecular flexibility index (Phi) is 20.5. The van der Waals surface area contributed by atoms with Crippen molar-refractivity contribution in [2.75, 3.05) is 19.8 Å². The third-order valence-electron chi connectivity index (χ3n) is 5.32. The van der Waals surface area contributed by atoms with Crippen LogP contribution in [-0.4, -0.2) is 48.7 Å². The number of carbonyl (C=O) groups is 3. The molecule has 182 valence electrons. The zero-order valence-corrected chi connectivity index (χ0v) is 19.9. The normalized spacial score (nSPS) is 11.8. The van der Waals surface area contributed by atoms with Gasteiger partial charge >= 0.3 is 5.97 Å². The summed E-state index contributed by atoms with van der Waals surface area (Å²) < 4.78 is 5.13. The number of hydrogen-bond donors (Lipinski definition) is 3. The molecule has 0 aromatic heterocycles. The van der Waals surface area contributed by atoms with Crippen LogP contribution >= 0.6 is 0 Å². The lowest BCUT2D eigenvalue weighted by Gasteiger charge is -2.14. The predicted molar refractivity (Wildman–Crippen MR) is 124 cm³/mol. The molecule has 0 aliphatic heterocycles. The molecule has 3 N–H and O–H groups in total. The van der Waals surface area contributed by atoms with Gasteiger partial charge in [0.25, 0.3) is 0 Å². The van der Waals surface area contributed by atoms with E-state index in [4.69, 9.17) is 4.74 Å². The Morgan fingerprint density at radius 3 is 1.84 bits per heavy atom. The maximum Gasteiger partial charge on any atom is 0.326 e. The maximum atomic E-state index is 12.0. The number of nitrogens with one attached hydrogen (secondary N) is 2. The van der Waals surface area contributed by atoms with E-state index in [2.05, 4.69) is 17.6 Å². The first-order valence-electron chi connectivity index (χ1n) is 12.4. The van der Waals surface area contributed by atoms with Crippen molar-refractivity contribution >= 4 is 17.8 Å². The lowest BCUT2D eigenvalue weighted by atomic mass is 10.0. The van der Waals surface area contributed by atoms with Gasteiger partial charge in [-0.25, -0.2) is 4.79 Å². The van der Waals surface area contributed by atoms with E-state index in [-0.39, 0.29) is 24.7 Å². The Labute approximate surface area is 189 Å². The van der Waals surface area contributed by atoms with Crippen molar-refractivity contribution in [3.05, 3.63) is 0 Å². The molecular weight excluding hydrogens is 396 g/mol. The molecule has 1 atom stereocenters. The van der Waals surface area contributed by atoms with Crippen LogP contribution in [0.25, 0.3) is 0 Å². The second-order valence-corrected chi connectivity index (χ2v) is 8.18. The van der Waals surface area contributed by atoms with E-state index >= 15 is 0 Å². The van der Waals surface area contributed by atoms with Crippen LogP contribution in [0.1, 0.15) is 110 Å². The number of aliphatic carboxylic acids is 1. The monoisotopic (exact) mass is 442 g/mol. The van der Waals surface area contributed by atoms with E-state index in [0.717, 1.165) is 19.3 Å². The van der Waals surface area contributed by atoms with Gasteiger partial charge in [-0.3, -0.25) is 9.59 Å². The summed E-state index contributed by atoms with van der Waals surface area (Å²) in [5.41, 5.74) is 0. The van der Waals surface area contributed by atoms with E-state index in [1.54, 1.807) is 0 Å². The first kappa shape index (κ1) is 29.4. The van der Waals surface area contributed by atoms with Gasteiger partial charge in [0, 0.05) is 26.0 Å². The second-order valence-electron chi connectivity index (χ2n) is 8.18. The summed E-state index contributed by atoms with van der Waals surface area (Å²) in [5, 5.41) is 14.5. The maximum absolute atomic E-state index is 12.0. The summed E-state index contributed by atoms with van der Waals surface area (Å²) >= 11 is 0. The molecule has 7 heteroatoms. The highest BCUT2D eigenvalue weighted by Crippen LogP contribution is 2.12. The van der Waals surface area contributed by atoms with Gasteiger partial charge in [-0.05, 0) is 19.8 Å². The van der Waals surface area contributed by atoms with Crippen molar-refractivity contribution in [3.8, 4) is 0 Å². The molecule has 0 radical (unpaired) electrons. The van der Waals surface area contributed by atoms with E-state index in [1.807, 2.05) is 6.92 Å². The van der Waals surface area contributed by atoms with Gasteiger partial charge in [0.1, 0.15) is 6.04 Å². The number of carbonyl (C=O) groups excluding carboxylic acids is 2. The number of rotatable bonds is 22. The minimum atomic E-state index is -1.11. The van der Waals surface area contributed by atoms with Gasteiger partial charge in [-0.15, -0.1) is 0 Å².